The number of hydrogen-bond acceptors (Lipinski definition) is 3. The predicted molar refractivity (Wildman–Crippen MR) is 87.1 cm³/mol. The molecule has 5 heteroatoms. The van der Waals surface area contributed by atoms with E-state index in [2.05, 4.69) is 5.32 Å². The lowest BCUT2D eigenvalue weighted by Crippen LogP contribution is -2.30. The van der Waals surface area contributed by atoms with E-state index in [0.717, 1.165) is 17.7 Å². The fourth-order valence-corrected chi connectivity index (χ4v) is 2.74. The minimum Gasteiger partial charge on any atom is -0.324 e. The van der Waals surface area contributed by atoms with Gasteiger partial charge in [0.1, 0.15) is 6.42 Å². The lowest BCUT2D eigenvalue weighted by atomic mass is 10.1. The molecule has 2 aromatic rings. The molecule has 114 valence electrons. The third kappa shape index (κ3) is 2.92. The zero-order chi connectivity index (χ0) is 16.2. The Balaban J connectivity index is 1.89. The summed E-state index contributed by atoms with van der Waals surface area (Å²) < 4.78 is 0. The third-order valence-electron chi connectivity index (χ3n) is 3.80. The van der Waals surface area contributed by atoms with Gasteiger partial charge < -0.3 is 10.2 Å². The minimum absolute atomic E-state index is 0.150. The molecule has 23 heavy (non-hydrogen) atoms. The number of carbonyl (C=O) groups is 2. The summed E-state index contributed by atoms with van der Waals surface area (Å²) in [5.41, 5.74) is 2.92. The van der Waals surface area contributed by atoms with E-state index in [1.54, 1.807) is 35.2 Å². The number of nitriles is 1. The van der Waals surface area contributed by atoms with Crippen LogP contribution in [0.4, 0.5) is 11.4 Å². The van der Waals surface area contributed by atoms with Gasteiger partial charge in [-0.15, -0.1) is 0 Å². The van der Waals surface area contributed by atoms with Crippen LogP contribution in [0.1, 0.15) is 22.3 Å². The molecule has 0 unspecified atom stereocenters. The lowest BCUT2D eigenvalue weighted by molar-refractivity contribution is -0.115. The van der Waals surface area contributed by atoms with Crippen LogP contribution in [0.25, 0.3) is 0 Å². The number of nitrogens with zero attached hydrogens (tertiary/aromatic N) is 2. The highest BCUT2D eigenvalue weighted by Gasteiger charge is 2.26. The van der Waals surface area contributed by atoms with E-state index in [-0.39, 0.29) is 12.3 Å². The van der Waals surface area contributed by atoms with Crippen molar-refractivity contribution in [3.05, 3.63) is 59.7 Å². The maximum absolute atomic E-state index is 12.9. The molecule has 0 saturated heterocycles. The summed E-state index contributed by atoms with van der Waals surface area (Å²) in [6, 6.07) is 16.5. The Morgan fingerprint density at radius 3 is 2.70 bits per heavy atom. The van der Waals surface area contributed by atoms with E-state index in [1.807, 2.05) is 24.3 Å². The molecule has 3 rings (SSSR count). The van der Waals surface area contributed by atoms with Crippen molar-refractivity contribution in [3.63, 3.8) is 0 Å². The first-order valence-electron chi connectivity index (χ1n) is 7.36. The topological polar surface area (TPSA) is 73.2 Å². The normalized spacial score (nSPS) is 12.4. The molecule has 0 bridgehead atoms. The second-order valence-corrected chi connectivity index (χ2v) is 5.26. The van der Waals surface area contributed by atoms with Crippen LogP contribution in [0.3, 0.4) is 0 Å². The van der Waals surface area contributed by atoms with E-state index in [4.69, 9.17) is 5.26 Å². The number of fused-ring (bicyclic) bond motifs is 1. The van der Waals surface area contributed by atoms with Crippen molar-refractivity contribution in [3.8, 4) is 6.07 Å². The van der Waals surface area contributed by atoms with Gasteiger partial charge in [0, 0.05) is 12.2 Å². The molecule has 5 nitrogen and oxygen atoms in total. The van der Waals surface area contributed by atoms with E-state index in [9.17, 15) is 9.59 Å². The zero-order valence-electron chi connectivity index (χ0n) is 12.5. The van der Waals surface area contributed by atoms with Gasteiger partial charge in [-0.05, 0) is 30.2 Å². The number of carbonyl (C=O) groups excluding carboxylic acids is 2. The standard InChI is InChI=1S/C18H15N3O2/c19-11-9-17(22)20-15-7-3-2-6-14(15)18(23)21-12-10-13-5-1-4-8-16(13)21/h1-8H,9-10,12H2,(H,20,22). The first-order valence-corrected chi connectivity index (χ1v) is 7.36. The van der Waals surface area contributed by atoms with E-state index in [0.29, 0.717) is 17.8 Å². The van der Waals surface area contributed by atoms with Gasteiger partial charge in [0.15, 0.2) is 0 Å². The molecule has 0 spiro atoms. The third-order valence-corrected chi connectivity index (χ3v) is 3.80. The monoisotopic (exact) mass is 305 g/mol. The highest BCUT2D eigenvalue weighted by atomic mass is 16.2. The Morgan fingerprint density at radius 2 is 1.87 bits per heavy atom. The fourth-order valence-electron chi connectivity index (χ4n) is 2.74. The first-order chi connectivity index (χ1) is 11.2. The van der Waals surface area contributed by atoms with Crippen LogP contribution in [0, 0.1) is 11.3 Å². The average Bonchev–Trinajstić information content (AvgIpc) is 2.99. The summed E-state index contributed by atoms with van der Waals surface area (Å²) in [6.45, 7) is 0.624. The van der Waals surface area contributed by atoms with Gasteiger partial charge in [-0.2, -0.15) is 5.26 Å². The highest BCUT2D eigenvalue weighted by Crippen LogP contribution is 2.30. The van der Waals surface area contributed by atoms with Gasteiger partial charge in [0.05, 0.1) is 17.3 Å². The number of amides is 2. The van der Waals surface area contributed by atoms with Gasteiger partial charge in [-0.3, -0.25) is 9.59 Å². The van der Waals surface area contributed by atoms with Gasteiger partial charge in [-0.25, -0.2) is 0 Å². The SMILES string of the molecule is N#CCC(=O)Nc1ccccc1C(=O)N1CCc2ccccc21. The minimum atomic E-state index is -0.422. The summed E-state index contributed by atoms with van der Waals surface area (Å²) in [6.07, 6.45) is 0.583. The summed E-state index contributed by atoms with van der Waals surface area (Å²) in [7, 11) is 0. The Kier molecular flexibility index (Phi) is 4.07. The van der Waals surface area contributed by atoms with Crippen molar-refractivity contribution in [1.82, 2.24) is 0 Å². The fraction of sp³-hybridized carbons (Fsp3) is 0.167. The largest absolute Gasteiger partial charge is 0.324 e. The Morgan fingerprint density at radius 1 is 1.13 bits per heavy atom. The Hall–Kier alpha value is -3.13. The van der Waals surface area contributed by atoms with E-state index >= 15 is 0 Å². The summed E-state index contributed by atoms with van der Waals surface area (Å²) in [4.78, 5) is 26.3. The summed E-state index contributed by atoms with van der Waals surface area (Å²) >= 11 is 0. The van der Waals surface area contributed by atoms with Gasteiger partial charge in [0.25, 0.3) is 5.91 Å². The molecular weight excluding hydrogens is 290 g/mol. The number of nitrogens with one attached hydrogen (secondary N) is 1. The van der Waals surface area contributed by atoms with Crippen LogP contribution in [-0.4, -0.2) is 18.4 Å². The van der Waals surface area contributed by atoms with Crippen LogP contribution in [-0.2, 0) is 11.2 Å². The summed E-state index contributed by atoms with van der Waals surface area (Å²) in [5.74, 6) is -0.572. The maximum atomic E-state index is 12.9. The highest BCUT2D eigenvalue weighted by molar-refractivity contribution is 6.12. The number of hydrogen-bond donors (Lipinski definition) is 1. The van der Waals surface area contributed by atoms with Crippen LogP contribution in [0.5, 0.6) is 0 Å². The number of benzene rings is 2. The second kappa shape index (κ2) is 6.32. The van der Waals surface area contributed by atoms with Gasteiger partial charge in [-0.1, -0.05) is 30.3 Å². The molecule has 0 atom stereocenters. The van der Waals surface area contributed by atoms with Crippen molar-refractivity contribution >= 4 is 23.2 Å². The maximum Gasteiger partial charge on any atom is 0.260 e. The molecule has 0 aliphatic carbocycles. The number of anilines is 2. The number of rotatable bonds is 3. The average molecular weight is 305 g/mol. The first kappa shape index (κ1) is 14.8. The van der Waals surface area contributed by atoms with E-state index in [1.165, 1.54) is 0 Å². The molecule has 2 amide bonds. The molecule has 1 N–H and O–H groups in total. The van der Waals surface area contributed by atoms with Crippen molar-refractivity contribution in [2.75, 3.05) is 16.8 Å². The molecular formula is C18H15N3O2. The van der Waals surface area contributed by atoms with Crippen molar-refractivity contribution in [1.29, 1.82) is 5.26 Å². The molecule has 1 heterocycles. The molecule has 1 aliphatic rings. The van der Waals surface area contributed by atoms with Gasteiger partial charge >= 0.3 is 0 Å². The predicted octanol–water partition coefficient (Wildman–Crippen LogP) is 2.74. The molecule has 0 radical (unpaired) electrons. The van der Waals surface area contributed by atoms with Crippen molar-refractivity contribution in [2.24, 2.45) is 0 Å². The smallest absolute Gasteiger partial charge is 0.260 e. The molecule has 1 aliphatic heterocycles. The van der Waals surface area contributed by atoms with Crippen molar-refractivity contribution in [2.45, 2.75) is 12.8 Å². The zero-order valence-corrected chi connectivity index (χ0v) is 12.5. The Bertz CT molecular complexity index is 808. The quantitative estimate of drug-likeness (QED) is 0.947. The second-order valence-electron chi connectivity index (χ2n) is 5.26. The lowest BCUT2D eigenvalue weighted by Gasteiger charge is -2.19. The van der Waals surface area contributed by atoms with Crippen LogP contribution < -0.4 is 10.2 Å². The molecule has 2 aromatic carbocycles. The summed E-state index contributed by atoms with van der Waals surface area (Å²) in [5, 5.41) is 11.2. The Labute approximate surface area is 134 Å². The molecule has 0 fully saturated rings. The number of para-hydroxylation sites is 2. The van der Waals surface area contributed by atoms with Crippen LogP contribution in [0.15, 0.2) is 48.5 Å². The van der Waals surface area contributed by atoms with Gasteiger partial charge in [0.2, 0.25) is 5.91 Å². The van der Waals surface area contributed by atoms with E-state index < -0.39 is 5.91 Å². The molecule has 0 saturated carbocycles. The van der Waals surface area contributed by atoms with Crippen LogP contribution >= 0.6 is 0 Å². The van der Waals surface area contributed by atoms with Crippen LogP contribution in [0.2, 0.25) is 0 Å². The molecule has 0 aromatic heterocycles. The van der Waals surface area contributed by atoms with Crippen molar-refractivity contribution < 1.29 is 9.59 Å².